The van der Waals surface area contributed by atoms with Crippen LogP contribution in [-0.4, -0.2) is 311 Å². The number of benzene rings is 4. The summed E-state index contributed by atoms with van der Waals surface area (Å²) < 4.78 is 42.1. The molecule has 4 aromatic carbocycles. The third-order valence-corrected chi connectivity index (χ3v) is 19.2. The van der Waals surface area contributed by atoms with Crippen molar-refractivity contribution < 1.29 is 133 Å². The van der Waals surface area contributed by atoms with Crippen molar-refractivity contribution in [3.05, 3.63) is 131 Å². The number of nitrogens with one attached hydrogen (secondary N) is 8. The molecule has 6 aliphatic rings. The maximum absolute atomic E-state index is 15.2. The molecule has 0 radical (unpaired) electrons. The van der Waals surface area contributed by atoms with Crippen LogP contribution >= 0.6 is 0 Å². The number of aliphatic hydroxyl groups excluding tert-OH is 13. The smallest absolute Gasteiger partial charge is 0.346 e. The topological polar surface area (TPSA) is 594 Å². The minimum Gasteiger partial charge on any atom is -0.489 e. The van der Waals surface area contributed by atoms with E-state index in [1.807, 2.05) is 30.3 Å². The number of nitrogens with two attached hydrogens (primary N) is 2. The number of hydrogen-bond acceptors (Lipinski definition) is 31. The molecule has 0 aliphatic carbocycles. The summed E-state index contributed by atoms with van der Waals surface area (Å²) in [4.78, 5) is 91.9. The van der Waals surface area contributed by atoms with Gasteiger partial charge in [0.05, 0.1) is 45.6 Å². The van der Waals surface area contributed by atoms with Crippen molar-refractivity contribution in [1.29, 1.82) is 0 Å². The van der Waals surface area contributed by atoms with Gasteiger partial charge in [0, 0.05) is 18.9 Å². The number of nitrogens with zero attached hydrogens (tertiary/aromatic N) is 2. The lowest BCUT2D eigenvalue weighted by Crippen LogP contribution is -2.68. The molecule has 578 valence electrons. The Labute approximate surface area is 605 Å². The lowest BCUT2D eigenvalue weighted by atomic mass is 9.92. The molecule has 25 atom stereocenters. The van der Waals surface area contributed by atoms with Crippen molar-refractivity contribution in [2.24, 2.45) is 16.5 Å². The summed E-state index contributed by atoms with van der Waals surface area (Å²) in [5.41, 5.74) is 14.5. The van der Waals surface area contributed by atoms with Crippen LogP contribution in [0.1, 0.15) is 35.1 Å². The second-order valence-corrected chi connectivity index (χ2v) is 26.3. The van der Waals surface area contributed by atoms with Crippen molar-refractivity contribution in [2.75, 3.05) is 46.1 Å². The van der Waals surface area contributed by atoms with Gasteiger partial charge in [-0.2, -0.15) is 0 Å². The first-order chi connectivity index (χ1) is 50.8. The van der Waals surface area contributed by atoms with Crippen LogP contribution in [0.2, 0.25) is 0 Å². The molecular formula is C68H91N12O26+. The Hall–Kier alpha value is -8.88. The van der Waals surface area contributed by atoms with Gasteiger partial charge in [-0.05, 0) is 46.5 Å². The van der Waals surface area contributed by atoms with Crippen LogP contribution < -0.4 is 63.5 Å². The molecule has 25 N–H and O–H groups in total. The SMILES string of the molecule is C[C@H](c1ccccc1)[C@H]1NC(=O)CNC(=O)[C@H](CO)NC(=O)[C@@H]([C@H](O)[C@@H]2CNC(N)=[N+]2[C@@H]2O[C@@H](CO)[C@H](O)[C@H](O)[C@@H]2O)NC(=O)[C@H]([C@H](O)[C@@H]2CNC(N)=N2)NC(=O)[C@@H](Cc2ccc(O[C@@H]3O[C@H](CO)[C@H](O[C@@H]4O[C@@H](CO)[C@H](O)[C@H](OCc5ccc(OCc6ccccc6)cc5)[C@@H]4O)C(O)[C@H]3O)cc2)NC1=O. The molecule has 38 nitrogen and oxygen atoms in total. The number of aliphatic imine (C=N–C) groups is 1. The summed E-state index contributed by atoms with van der Waals surface area (Å²) >= 11 is 0. The number of carbonyl (C=O) groups excluding carboxylic acids is 6. The van der Waals surface area contributed by atoms with Gasteiger partial charge in [0.2, 0.25) is 48.0 Å². The zero-order chi connectivity index (χ0) is 76.2. The second-order valence-electron chi connectivity index (χ2n) is 26.3. The van der Waals surface area contributed by atoms with Crippen molar-refractivity contribution in [3.63, 3.8) is 0 Å². The predicted molar refractivity (Wildman–Crippen MR) is 362 cm³/mol. The Kier molecular flexibility index (Phi) is 27.2. The second kappa shape index (κ2) is 36.1. The summed E-state index contributed by atoms with van der Waals surface area (Å²) in [5.74, 6) is -8.28. The predicted octanol–water partition coefficient (Wildman–Crippen LogP) is -10.5. The third kappa shape index (κ3) is 18.7. The molecule has 10 rings (SSSR count). The van der Waals surface area contributed by atoms with Crippen LogP contribution in [0.15, 0.2) is 114 Å². The van der Waals surface area contributed by atoms with Gasteiger partial charge in [-0.25, -0.2) is 9.57 Å². The van der Waals surface area contributed by atoms with E-state index in [-0.39, 0.29) is 36.4 Å². The molecule has 4 aromatic rings. The van der Waals surface area contributed by atoms with E-state index in [1.54, 1.807) is 61.5 Å². The molecule has 0 saturated carbocycles. The van der Waals surface area contributed by atoms with Crippen molar-refractivity contribution in [3.8, 4) is 11.5 Å². The first-order valence-electron chi connectivity index (χ1n) is 34.2. The maximum atomic E-state index is 15.2. The number of aliphatic hydroxyl groups is 13. The Morgan fingerprint density at radius 2 is 1.10 bits per heavy atom. The van der Waals surface area contributed by atoms with E-state index in [4.69, 9.17) is 44.6 Å². The van der Waals surface area contributed by atoms with Gasteiger partial charge >= 0.3 is 5.96 Å². The Morgan fingerprint density at radius 3 is 1.75 bits per heavy atom. The van der Waals surface area contributed by atoms with Crippen LogP contribution in [0.3, 0.4) is 0 Å². The third-order valence-electron chi connectivity index (χ3n) is 19.2. The van der Waals surface area contributed by atoms with E-state index in [1.165, 1.54) is 24.3 Å². The molecule has 1 unspecified atom stereocenters. The molecule has 6 heterocycles. The number of guanidine groups is 2. The fraction of sp³-hybridized carbons (Fsp3) is 0.529. The largest absolute Gasteiger partial charge is 0.489 e. The zero-order valence-corrected chi connectivity index (χ0v) is 57.1. The maximum Gasteiger partial charge on any atom is 0.346 e. The molecule has 0 spiro atoms. The van der Waals surface area contributed by atoms with Crippen molar-refractivity contribution >= 4 is 47.4 Å². The highest BCUT2D eigenvalue weighted by molar-refractivity contribution is 5.98. The van der Waals surface area contributed by atoms with Gasteiger partial charge < -0.3 is 142 Å². The van der Waals surface area contributed by atoms with E-state index < -0.39 is 234 Å². The summed E-state index contributed by atoms with van der Waals surface area (Å²) in [6.45, 7) is -3.55. The summed E-state index contributed by atoms with van der Waals surface area (Å²) in [6, 6.07) is 17.2. The fourth-order valence-electron chi connectivity index (χ4n) is 13.1. The van der Waals surface area contributed by atoms with Crippen LogP contribution in [0.5, 0.6) is 11.5 Å². The van der Waals surface area contributed by atoms with Crippen LogP contribution in [-0.2, 0) is 72.1 Å². The average molecular weight is 1490 g/mol. The van der Waals surface area contributed by atoms with Crippen LogP contribution in [0, 0.1) is 0 Å². The molecule has 38 heteroatoms. The molecule has 4 fully saturated rings. The van der Waals surface area contributed by atoms with Gasteiger partial charge in [0.1, 0.15) is 146 Å². The minimum absolute atomic E-state index is 0.0674. The van der Waals surface area contributed by atoms with Crippen LogP contribution in [0.25, 0.3) is 0 Å². The number of amides is 6. The first-order valence-corrected chi connectivity index (χ1v) is 34.2. The van der Waals surface area contributed by atoms with E-state index in [0.29, 0.717) is 23.5 Å². The van der Waals surface area contributed by atoms with Gasteiger partial charge in [0.15, 0.2) is 12.2 Å². The quantitative estimate of drug-likeness (QED) is 0.0307. The van der Waals surface area contributed by atoms with Gasteiger partial charge in [0.25, 0.3) is 0 Å². The lowest BCUT2D eigenvalue weighted by Gasteiger charge is -2.46. The number of carbonyl (C=O) groups is 6. The Morgan fingerprint density at radius 1 is 0.519 bits per heavy atom. The van der Waals surface area contributed by atoms with Gasteiger partial charge in [-0.3, -0.25) is 39.8 Å². The molecule has 4 saturated heterocycles. The fourth-order valence-corrected chi connectivity index (χ4v) is 13.1. The van der Waals surface area contributed by atoms with Gasteiger partial charge in [-0.1, -0.05) is 91.9 Å². The van der Waals surface area contributed by atoms with Crippen LogP contribution in [0.4, 0.5) is 0 Å². The average Bonchev–Trinajstić information content (AvgIpc) is 1.24. The molecule has 106 heavy (non-hydrogen) atoms. The Balaban J connectivity index is 0.888. The summed E-state index contributed by atoms with van der Waals surface area (Å²) in [6.07, 6.45) is -30.9. The van der Waals surface area contributed by atoms with Crippen molar-refractivity contribution in [1.82, 2.24) is 42.5 Å². The summed E-state index contributed by atoms with van der Waals surface area (Å²) in [5, 5.41) is 164. The molecular weight excluding hydrogens is 1400 g/mol. The molecule has 6 amide bonds. The van der Waals surface area contributed by atoms with Gasteiger partial charge in [-0.15, -0.1) is 0 Å². The Bertz CT molecular complexity index is 3690. The lowest BCUT2D eigenvalue weighted by molar-refractivity contribution is -0.663. The van der Waals surface area contributed by atoms with E-state index in [2.05, 4.69) is 47.5 Å². The first kappa shape index (κ1) is 79.7. The molecule has 0 bridgehead atoms. The highest BCUT2D eigenvalue weighted by atomic mass is 16.7. The standard InChI is InChI=1S/C68H90N12O26/c1-30(34-10-6-3-7-11-34)45-61(97)74-37(20-31-12-18-36(19-13-31)102-65-55(93)53(91)57(43(27-84)105-65)106-66-56(94)58(51(89)42(26-83)104-66)101-29-33-14-16-35(17-15-33)100-28-32-8-4-2-5-9-32)60(96)78-46(48(86)38-21-72-67(69)76-38)63(99)79-47(62(98)75-39(24-81)59(95)71-23-44(85)77-45)49(87)40-22-73-68(70)80(40)64-54(92)52(90)50(88)41(25-82)103-64/h2-19,30,37-43,45-58,64-66,81-84,86-94H,20-29H2,1H3,(H11,69,70,71,72,73,74,75,76,77,78,79,85,95,96,97,98,99)/p+1/t30-,37-,38+,39+,40+,41+,42+,43-,45-,46+,47-,48-,49-,50+,51+,52+,53?,54+,55-,56+,57+,58+,64-,65-,66+/m1/s1. The number of rotatable bonds is 23. The van der Waals surface area contributed by atoms with Crippen molar-refractivity contribution in [2.45, 2.75) is 179 Å². The minimum atomic E-state index is -2.34. The van der Waals surface area contributed by atoms with E-state index in [0.717, 1.165) is 10.1 Å². The highest BCUT2D eigenvalue weighted by Gasteiger charge is 2.55. The zero-order valence-electron chi connectivity index (χ0n) is 57.1. The van der Waals surface area contributed by atoms with E-state index in [9.17, 15) is 85.6 Å². The number of hydrogen-bond donors (Lipinski definition) is 23. The molecule has 6 aliphatic heterocycles. The molecule has 0 aromatic heterocycles. The highest BCUT2D eigenvalue weighted by Crippen LogP contribution is 2.33. The summed E-state index contributed by atoms with van der Waals surface area (Å²) in [7, 11) is 0. The number of ether oxygens (including phenoxy) is 7. The normalized spacial score (nSPS) is 33.8. The monoisotopic (exact) mass is 1490 g/mol. The van der Waals surface area contributed by atoms with E-state index >= 15 is 9.59 Å².